The zero-order chi connectivity index (χ0) is 23.1. The molecule has 8 nitrogen and oxygen atoms in total. The van der Waals surface area contributed by atoms with E-state index in [0.29, 0.717) is 5.88 Å². The number of carbonyl (C=O) groups is 1. The first kappa shape index (κ1) is 23.2. The van der Waals surface area contributed by atoms with Gasteiger partial charge in [0.15, 0.2) is 6.61 Å². The van der Waals surface area contributed by atoms with Crippen LogP contribution in [-0.4, -0.2) is 67.7 Å². The molecule has 0 unspecified atom stereocenters. The molecular formula is C20H26F3N3O5S. The second-order valence-electron chi connectivity index (χ2n) is 8.56. The minimum atomic E-state index is -5.55. The lowest BCUT2D eigenvalue weighted by molar-refractivity contribution is -0.136. The zero-order valence-electron chi connectivity index (χ0n) is 17.6. The maximum atomic E-state index is 12.9. The molecule has 1 saturated carbocycles. The molecule has 1 N–H and O–H groups in total. The Morgan fingerprint density at radius 1 is 1.19 bits per heavy atom. The molecule has 1 aromatic rings. The third-order valence-electron chi connectivity index (χ3n) is 6.57. The van der Waals surface area contributed by atoms with Crippen molar-refractivity contribution in [1.82, 2.24) is 14.6 Å². The van der Waals surface area contributed by atoms with Gasteiger partial charge in [0.1, 0.15) is 0 Å². The molecule has 12 heteroatoms. The second-order valence-corrected chi connectivity index (χ2v) is 10.3. The van der Waals surface area contributed by atoms with Crippen molar-refractivity contribution >= 4 is 15.9 Å². The predicted molar refractivity (Wildman–Crippen MR) is 107 cm³/mol. The fraction of sp³-hybridized carbons (Fsp3) is 0.700. The smallest absolute Gasteiger partial charge is 0.467 e. The molecule has 1 aromatic heterocycles. The number of nitrogens with one attached hydrogen (secondary N) is 1. The Balaban J connectivity index is 1.60. The van der Waals surface area contributed by atoms with Crippen LogP contribution in [-0.2, 0) is 19.6 Å². The van der Waals surface area contributed by atoms with Crippen molar-refractivity contribution in [3.05, 3.63) is 23.4 Å². The van der Waals surface area contributed by atoms with Crippen LogP contribution in [0.2, 0.25) is 0 Å². The number of hydrogen-bond acceptors (Lipinski definition) is 6. The first-order chi connectivity index (χ1) is 15.1. The summed E-state index contributed by atoms with van der Waals surface area (Å²) in [6.45, 7) is 1.69. The number of carbonyl (C=O) groups excluding carboxylic acids is 1. The Hall–Kier alpha value is -1.92. The lowest BCUT2D eigenvalue weighted by atomic mass is 9.81. The number of halogens is 3. The Morgan fingerprint density at radius 2 is 1.91 bits per heavy atom. The fourth-order valence-electron chi connectivity index (χ4n) is 4.90. The quantitative estimate of drug-likeness (QED) is 0.702. The van der Waals surface area contributed by atoms with Gasteiger partial charge < -0.3 is 14.4 Å². The number of ether oxygens (including phenoxy) is 2. The summed E-state index contributed by atoms with van der Waals surface area (Å²) in [5, 5.41) is 0. The van der Waals surface area contributed by atoms with Crippen molar-refractivity contribution in [1.29, 1.82) is 0 Å². The SMILES string of the molecule is Cc1ccnc2c1[C@H]1CC[C@H](CC1)OC[C@H]1[C@@H](NS(=O)(=O)C(F)(F)F)CCN1C(=O)CO2. The topological polar surface area (TPSA) is 97.8 Å². The molecule has 0 spiro atoms. The Bertz CT molecular complexity index is 964. The molecule has 0 aromatic carbocycles. The highest BCUT2D eigenvalue weighted by molar-refractivity contribution is 7.90. The molecular weight excluding hydrogens is 451 g/mol. The lowest BCUT2D eigenvalue weighted by Gasteiger charge is -2.32. The Morgan fingerprint density at radius 3 is 2.59 bits per heavy atom. The van der Waals surface area contributed by atoms with Crippen LogP contribution in [0.4, 0.5) is 13.2 Å². The van der Waals surface area contributed by atoms with E-state index in [0.717, 1.165) is 36.8 Å². The van der Waals surface area contributed by atoms with E-state index in [-0.39, 0.29) is 38.2 Å². The lowest BCUT2D eigenvalue weighted by Crippen LogP contribution is -2.52. The van der Waals surface area contributed by atoms with Gasteiger partial charge in [-0.25, -0.2) is 18.1 Å². The van der Waals surface area contributed by atoms with Crippen LogP contribution in [0.25, 0.3) is 0 Å². The summed E-state index contributed by atoms with van der Waals surface area (Å²) in [6, 6.07) is -0.0511. The van der Waals surface area contributed by atoms with E-state index in [9.17, 15) is 26.4 Å². The van der Waals surface area contributed by atoms with E-state index in [1.165, 1.54) is 4.90 Å². The highest BCUT2D eigenvalue weighted by atomic mass is 32.2. The van der Waals surface area contributed by atoms with E-state index < -0.39 is 33.5 Å². The van der Waals surface area contributed by atoms with E-state index in [2.05, 4.69) is 4.98 Å². The number of sulfonamides is 1. The molecule has 1 aliphatic carbocycles. The molecule has 4 aliphatic rings. The summed E-state index contributed by atoms with van der Waals surface area (Å²) in [6.07, 6.45) is 4.73. The zero-order valence-corrected chi connectivity index (χ0v) is 18.4. The number of hydrogen-bond donors (Lipinski definition) is 1. The number of rotatable bonds is 2. The third-order valence-corrected chi connectivity index (χ3v) is 7.79. The van der Waals surface area contributed by atoms with Gasteiger partial charge in [-0.2, -0.15) is 13.2 Å². The van der Waals surface area contributed by atoms with E-state index in [1.807, 2.05) is 13.0 Å². The van der Waals surface area contributed by atoms with Gasteiger partial charge in [0.25, 0.3) is 5.91 Å². The molecule has 0 radical (unpaired) electrons. The molecule has 1 saturated heterocycles. The summed E-state index contributed by atoms with van der Waals surface area (Å²) >= 11 is 0. The number of amides is 1. The van der Waals surface area contributed by atoms with Crippen LogP contribution >= 0.6 is 0 Å². The van der Waals surface area contributed by atoms with Crippen LogP contribution < -0.4 is 9.46 Å². The number of aryl methyl sites for hydroxylation is 1. The van der Waals surface area contributed by atoms with Gasteiger partial charge in [0.2, 0.25) is 5.88 Å². The molecule has 2 bridgehead atoms. The molecule has 4 heterocycles. The minimum Gasteiger partial charge on any atom is -0.467 e. The maximum Gasteiger partial charge on any atom is 0.511 e. The summed E-state index contributed by atoms with van der Waals surface area (Å²) in [5.74, 6) is 0.167. The summed E-state index contributed by atoms with van der Waals surface area (Å²) in [4.78, 5) is 18.6. The standard InChI is InChI=1S/C20H26F3N3O5S/c1-12-6-8-24-19-18(12)13-2-4-14(5-3-13)30-10-16-15(25-32(28,29)20(21,22)23)7-9-26(16)17(27)11-31-19/h6,8,13-16,25H,2-5,7,9-11H2,1H3/t13-,14+,15-,16-/m0/s1. The van der Waals surface area contributed by atoms with E-state index >= 15 is 0 Å². The Kier molecular flexibility index (Phi) is 6.38. The number of nitrogens with zero attached hydrogens (tertiary/aromatic N) is 2. The van der Waals surface area contributed by atoms with Gasteiger partial charge in [-0.05, 0) is 56.6 Å². The molecule has 5 rings (SSSR count). The van der Waals surface area contributed by atoms with Crippen LogP contribution in [0.3, 0.4) is 0 Å². The molecule has 2 fully saturated rings. The van der Waals surface area contributed by atoms with E-state index in [1.54, 1.807) is 10.9 Å². The molecule has 2 atom stereocenters. The normalized spacial score (nSPS) is 29.4. The highest BCUT2D eigenvalue weighted by Crippen LogP contribution is 2.40. The van der Waals surface area contributed by atoms with Crippen LogP contribution in [0, 0.1) is 6.92 Å². The number of fused-ring (bicyclic) bond motifs is 5. The average Bonchev–Trinajstić information content (AvgIpc) is 3.12. The predicted octanol–water partition coefficient (Wildman–Crippen LogP) is 2.23. The minimum absolute atomic E-state index is 0.0453. The van der Waals surface area contributed by atoms with Crippen LogP contribution in [0.15, 0.2) is 12.3 Å². The van der Waals surface area contributed by atoms with Gasteiger partial charge in [-0.1, -0.05) is 0 Å². The van der Waals surface area contributed by atoms with Crippen molar-refractivity contribution in [2.24, 2.45) is 0 Å². The molecule has 178 valence electrons. The molecule has 1 amide bonds. The largest absolute Gasteiger partial charge is 0.511 e. The highest BCUT2D eigenvalue weighted by Gasteiger charge is 2.50. The van der Waals surface area contributed by atoms with Crippen LogP contribution in [0.1, 0.15) is 49.1 Å². The van der Waals surface area contributed by atoms with Crippen molar-refractivity contribution in [3.63, 3.8) is 0 Å². The van der Waals surface area contributed by atoms with Gasteiger partial charge in [-0.3, -0.25) is 4.79 Å². The van der Waals surface area contributed by atoms with Gasteiger partial charge in [-0.15, -0.1) is 0 Å². The monoisotopic (exact) mass is 477 g/mol. The van der Waals surface area contributed by atoms with E-state index in [4.69, 9.17) is 9.47 Å². The first-order valence-electron chi connectivity index (χ1n) is 10.6. The number of aromatic nitrogens is 1. The van der Waals surface area contributed by atoms with Crippen molar-refractivity contribution in [2.75, 3.05) is 19.8 Å². The van der Waals surface area contributed by atoms with Crippen molar-refractivity contribution in [3.8, 4) is 5.88 Å². The summed E-state index contributed by atoms with van der Waals surface area (Å²) in [7, 11) is -5.55. The van der Waals surface area contributed by atoms with Crippen molar-refractivity contribution in [2.45, 2.75) is 68.6 Å². The third kappa shape index (κ3) is 4.58. The maximum absolute atomic E-state index is 12.9. The van der Waals surface area contributed by atoms with Crippen molar-refractivity contribution < 1.29 is 35.9 Å². The van der Waals surface area contributed by atoms with Gasteiger partial charge >= 0.3 is 15.5 Å². The molecule has 32 heavy (non-hydrogen) atoms. The van der Waals surface area contributed by atoms with Gasteiger partial charge in [0, 0.05) is 24.3 Å². The fourth-order valence-corrected chi connectivity index (χ4v) is 5.70. The average molecular weight is 478 g/mol. The first-order valence-corrected chi connectivity index (χ1v) is 12.1. The summed E-state index contributed by atoms with van der Waals surface area (Å²) < 4.78 is 75.5. The van der Waals surface area contributed by atoms with Gasteiger partial charge in [0.05, 0.1) is 18.8 Å². The summed E-state index contributed by atoms with van der Waals surface area (Å²) in [5.41, 5.74) is -3.42. The second kappa shape index (κ2) is 8.79. The van der Waals surface area contributed by atoms with Crippen LogP contribution in [0.5, 0.6) is 5.88 Å². The number of pyridine rings is 1. The molecule has 3 aliphatic heterocycles. The number of alkyl halides is 3. The Labute approximate surface area is 184 Å².